The molecule has 1 aromatic heterocycles. The Bertz CT molecular complexity index is 301. The SMILES string of the molecule is Cc1c2c(nn1C)CC(N)CC2. The van der Waals surface area contributed by atoms with E-state index in [0.29, 0.717) is 6.04 Å². The Morgan fingerprint density at radius 3 is 3.08 bits per heavy atom. The Hall–Kier alpha value is -0.830. The lowest BCUT2D eigenvalue weighted by molar-refractivity contribution is 0.566. The lowest BCUT2D eigenvalue weighted by Crippen LogP contribution is -2.27. The fourth-order valence-electron chi connectivity index (χ4n) is 1.89. The molecular weight excluding hydrogens is 150 g/mol. The molecule has 1 unspecified atom stereocenters. The maximum Gasteiger partial charge on any atom is 0.0674 e. The van der Waals surface area contributed by atoms with Gasteiger partial charge in [0, 0.05) is 25.2 Å². The van der Waals surface area contributed by atoms with Gasteiger partial charge in [-0.3, -0.25) is 4.68 Å². The van der Waals surface area contributed by atoms with Crippen molar-refractivity contribution < 1.29 is 0 Å². The number of nitrogens with zero attached hydrogens (tertiary/aromatic N) is 2. The highest BCUT2D eigenvalue weighted by molar-refractivity contribution is 5.28. The molecule has 1 aliphatic rings. The summed E-state index contributed by atoms with van der Waals surface area (Å²) < 4.78 is 1.96. The first-order chi connectivity index (χ1) is 5.68. The monoisotopic (exact) mass is 165 g/mol. The second-order valence-electron chi connectivity index (χ2n) is 3.64. The van der Waals surface area contributed by atoms with Crippen LogP contribution in [0.25, 0.3) is 0 Å². The molecule has 3 heteroatoms. The van der Waals surface area contributed by atoms with Crippen molar-refractivity contribution in [3.63, 3.8) is 0 Å². The molecule has 0 radical (unpaired) electrons. The van der Waals surface area contributed by atoms with Crippen LogP contribution in [-0.2, 0) is 19.9 Å². The second-order valence-corrected chi connectivity index (χ2v) is 3.64. The fraction of sp³-hybridized carbons (Fsp3) is 0.667. The third-order valence-electron chi connectivity index (χ3n) is 2.76. The summed E-state index contributed by atoms with van der Waals surface area (Å²) in [5, 5.41) is 4.44. The highest BCUT2D eigenvalue weighted by Gasteiger charge is 2.20. The zero-order valence-corrected chi connectivity index (χ0v) is 7.67. The van der Waals surface area contributed by atoms with Gasteiger partial charge in [-0.1, -0.05) is 0 Å². The third kappa shape index (κ3) is 1.05. The molecule has 0 saturated carbocycles. The molecule has 2 N–H and O–H groups in total. The lowest BCUT2D eigenvalue weighted by atomic mass is 9.93. The van der Waals surface area contributed by atoms with E-state index in [1.165, 1.54) is 17.0 Å². The minimum Gasteiger partial charge on any atom is -0.327 e. The third-order valence-corrected chi connectivity index (χ3v) is 2.76. The van der Waals surface area contributed by atoms with Crippen LogP contribution >= 0.6 is 0 Å². The zero-order chi connectivity index (χ0) is 8.72. The van der Waals surface area contributed by atoms with Crippen molar-refractivity contribution in [3.8, 4) is 0 Å². The first-order valence-corrected chi connectivity index (χ1v) is 4.45. The molecule has 0 aromatic carbocycles. The summed E-state index contributed by atoms with van der Waals surface area (Å²) in [4.78, 5) is 0. The van der Waals surface area contributed by atoms with Crippen molar-refractivity contribution in [3.05, 3.63) is 17.0 Å². The fourth-order valence-corrected chi connectivity index (χ4v) is 1.89. The highest BCUT2D eigenvalue weighted by Crippen LogP contribution is 2.22. The van der Waals surface area contributed by atoms with Crippen LogP contribution in [0.5, 0.6) is 0 Å². The van der Waals surface area contributed by atoms with E-state index in [9.17, 15) is 0 Å². The predicted molar refractivity (Wildman–Crippen MR) is 47.9 cm³/mol. The van der Waals surface area contributed by atoms with Crippen molar-refractivity contribution in [2.45, 2.75) is 32.2 Å². The molecular formula is C9H15N3. The van der Waals surface area contributed by atoms with Crippen molar-refractivity contribution in [1.82, 2.24) is 9.78 Å². The van der Waals surface area contributed by atoms with Crippen LogP contribution in [0, 0.1) is 6.92 Å². The molecule has 0 fully saturated rings. The van der Waals surface area contributed by atoms with E-state index < -0.39 is 0 Å². The molecule has 3 nitrogen and oxygen atoms in total. The van der Waals surface area contributed by atoms with Gasteiger partial charge in [-0.2, -0.15) is 5.10 Å². The van der Waals surface area contributed by atoms with Gasteiger partial charge in [0.25, 0.3) is 0 Å². The zero-order valence-electron chi connectivity index (χ0n) is 7.67. The number of aryl methyl sites for hydroxylation is 1. The molecule has 1 atom stereocenters. The number of fused-ring (bicyclic) bond motifs is 1. The Kier molecular flexibility index (Phi) is 1.68. The van der Waals surface area contributed by atoms with E-state index in [1.54, 1.807) is 0 Å². The Morgan fingerprint density at radius 1 is 1.58 bits per heavy atom. The van der Waals surface area contributed by atoms with E-state index in [2.05, 4.69) is 12.0 Å². The van der Waals surface area contributed by atoms with E-state index in [0.717, 1.165) is 19.3 Å². The first-order valence-electron chi connectivity index (χ1n) is 4.45. The quantitative estimate of drug-likeness (QED) is 0.610. The van der Waals surface area contributed by atoms with Gasteiger partial charge in [0.05, 0.1) is 5.69 Å². The first kappa shape index (κ1) is 7.80. The van der Waals surface area contributed by atoms with Crippen LogP contribution in [0.1, 0.15) is 23.4 Å². The minimum absolute atomic E-state index is 0.326. The minimum atomic E-state index is 0.326. The standard InChI is InChI=1S/C9H15N3/c1-6-8-4-3-7(10)5-9(8)11-12(6)2/h7H,3-5,10H2,1-2H3. The molecule has 0 saturated heterocycles. The Balaban J connectivity index is 2.43. The highest BCUT2D eigenvalue weighted by atomic mass is 15.3. The summed E-state index contributed by atoms with van der Waals surface area (Å²) in [5.74, 6) is 0. The molecule has 0 bridgehead atoms. The number of aromatic nitrogens is 2. The number of hydrogen-bond acceptors (Lipinski definition) is 2. The normalized spacial score (nSPS) is 22.4. The van der Waals surface area contributed by atoms with Gasteiger partial charge >= 0.3 is 0 Å². The van der Waals surface area contributed by atoms with Crippen LogP contribution in [0.15, 0.2) is 0 Å². The number of hydrogen-bond donors (Lipinski definition) is 1. The second kappa shape index (κ2) is 2.59. The van der Waals surface area contributed by atoms with Gasteiger partial charge in [0.2, 0.25) is 0 Å². The van der Waals surface area contributed by atoms with E-state index in [-0.39, 0.29) is 0 Å². The average Bonchev–Trinajstić information content (AvgIpc) is 2.28. The predicted octanol–water partition coefficient (Wildman–Crippen LogP) is 0.545. The topological polar surface area (TPSA) is 43.8 Å². The summed E-state index contributed by atoms with van der Waals surface area (Å²) >= 11 is 0. The maximum atomic E-state index is 5.86. The summed E-state index contributed by atoms with van der Waals surface area (Å²) in [5.41, 5.74) is 9.81. The van der Waals surface area contributed by atoms with E-state index >= 15 is 0 Å². The molecule has 1 aliphatic carbocycles. The van der Waals surface area contributed by atoms with Gasteiger partial charge in [-0.15, -0.1) is 0 Å². The summed E-state index contributed by atoms with van der Waals surface area (Å²) in [6.45, 7) is 2.13. The van der Waals surface area contributed by atoms with Crippen LogP contribution < -0.4 is 5.73 Å². The molecule has 0 spiro atoms. The lowest BCUT2D eigenvalue weighted by Gasteiger charge is -2.16. The van der Waals surface area contributed by atoms with Crippen molar-refractivity contribution in [2.75, 3.05) is 0 Å². The maximum absolute atomic E-state index is 5.86. The van der Waals surface area contributed by atoms with E-state index in [1.807, 2.05) is 11.7 Å². The van der Waals surface area contributed by atoms with Gasteiger partial charge in [-0.05, 0) is 25.3 Å². The van der Waals surface area contributed by atoms with Gasteiger partial charge in [0.1, 0.15) is 0 Å². The molecule has 66 valence electrons. The average molecular weight is 165 g/mol. The van der Waals surface area contributed by atoms with Gasteiger partial charge in [-0.25, -0.2) is 0 Å². The Morgan fingerprint density at radius 2 is 2.33 bits per heavy atom. The molecule has 1 heterocycles. The van der Waals surface area contributed by atoms with Crippen molar-refractivity contribution in [2.24, 2.45) is 12.8 Å². The van der Waals surface area contributed by atoms with Crippen LogP contribution in [0.4, 0.5) is 0 Å². The van der Waals surface area contributed by atoms with Crippen molar-refractivity contribution in [1.29, 1.82) is 0 Å². The van der Waals surface area contributed by atoms with Crippen LogP contribution in [-0.4, -0.2) is 15.8 Å². The number of nitrogens with two attached hydrogens (primary N) is 1. The summed E-state index contributed by atoms with van der Waals surface area (Å²) in [6, 6.07) is 0.326. The summed E-state index contributed by atoms with van der Waals surface area (Å²) in [7, 11) is 2.00. The molecule has 0 aliphatic heterocycles. The van der Waals surface area contributed by atoms with Gasteiger partial charge < -0.3 is 5.73 Å². The summed E-state index contributed by atoms with van der Waals surface area (Å²) in [6.07, 6.45) is 3.17. The number of rotatable bonds is 0. The molecule has 2 rings (SSSR count). The molecule has 1 aromatic rings. The van der Waals surface area contributed by atoms with Crippen LogP contribution in [0.2, 0.25) is 0 Å². The van der Waals surface area contributed by atoms with Crippen LogP contribution in [0.3, 0.4) is 0 Å². The van der Waals surface area contributed by atoms with Gasteiger partial charge in [0.15, 0.2) is 0 Å². The van der Waals surface area contributed by atoms with Crippen molar-refractivity contribution >= 4 is 0 Å². The van der Waals surface area contributed by atoms with E-state index in [4.69, 9.17) is 5.73 Å². The molecule has 12 heavy (non-hydrogen) atoms. The Labute approximate surface area is 72.6 Å². The largest absolute Gasteiger partial charge is 0.327 e. The smallest absolute Gasteiger partial charge is 0.0674 e. The molecule has 0 amide bonds.